The molecular formula is C19H18F2N2OS. The van der Waals surface area contributed by atoms with E-state index in [1.54, 1.807) is 24.3 Å². The second-order valence-electron chi connectivity index (χ2n) is 6.01. The van der Waals surface area contributed by atoms with Crippen LogP contribution in [0.15, 0.2) is 48.5 Å². The molecule has 1 atom stereocenters. The summed E-state index contributed by atoms with van der Waals surface area (Å²) < 4.78 is 28.0. The number of rotatable bonds is 5. The van der Waals surface area contributed by atoms with Crippen LogP contribution in [0.4, 0.5) is 8.78 Å². The summed E-state index contributed by atoms with van der Waals surface area (Å²) >= 11 is 1.25. The van der Waals surface area contributed by atoms with Crippen LogP contribution in [-0.2, 0) is 0 Å². The highest BCUT2D eigenvalue weighted by Gasteiger charge is 2.18. The van der Waals surface area contributed by atoms with Gasteiger partial charge in [0.1, 0.15) is 11.6 Å². The van der Waals surface area contributed by atoms with Gasteiger partial charge in [0.25, 0.3) is 5.91 Å². The predicted octanol–water partition coefficient (Wildman–Crippen LogP) is 4.21. The van der Waals surface area contributed by atoms with E-state index in [0.29, 0.717) is 16.8 Å². The van der Waals surface area contributed by atoms with E-state index in [1.807, 2.05) is 25.1 Å². The molecule has 0 saturated carbocycles. The highest BCUT2D eigenvalue weighted by Crippen LogP contribution is 2.27. The van der Waals surface area contributed by atoms with Crippen molar-refractivity contribution in [2.45, 2.75) is 6.04 Å². The van der Waals surface area contributed by atoms with Crippen molar-refractivity contribution < 1.29 is 13.6 Å². The number of halogens is 2. The summed E-state index contributed by atoms with van der Waals surface area (Å²) in [5.41, 5.74) is 0.785. The number of likely N-dealkylation sites (N-methyl/N-ethyl adjacent to an activating group) is 1. The number of fused-ring (bicyclic) bond motifs is 1. The fourth-order valence-electron chi connectivity index (χ4n) is 2.73. The summed E-state index contributed by atoms with van der Waals surface area (Å²) in [5, 5.41) is 3.31. The van der Waals surface area contributed by atoms with Gasteiger partial charge in [-0.3, -0.25) is 4.79 Å². The molecule has 1 aromatic heterocycles. The van der Waals surface area contributed by atoms with Crippen molar-refractivity contribution in [3.63, 3.8) is 0 Å². The second-order valence-corrected chi connectivity index (χ2v) is 7.09. The number of carbonyl (C=O) groups excluding carboxylic acids is 1. The van der Waals surface area contributed by atoms with Gasteiger partial charge in [-0.15, -0.1) is 11.3 Å². The van der Waals surface area contributed by atoms with Gasteiger partial charge >= 0.3 is 0 Å². The zero-order valence-electron chi connectivity index (χ0n) is 13.9. The normalized spacial score (nSPS) is 12.5. The molecule has 1 N–H and O–H groups in total. The van der Waals surface area contributed by atoms with Crippen molar-refractivity contribution >= 4 is 27.3 Å². The van der Waals surface area contributed by atoms with Gasteiger partial charge < -0.3 is 10.2 Å². The molecule has 0 aliphatic rings. The third-order valence-corrected chi connectivity index (χ3v) is 5.14. The molecule has 0 spiro atoms. The Labute approximate surface area is 148 Å². The van der Waals surface area contributed by atoms with Crippen molar-refractivity contribution in [2.75, 3.05) is 20.6 Å². The minimum atomic E-state index is -0.335. The highest BCUT2D eigenvalue weighted by atomic mass is 32.1. The van der Waals surface area contributed by atoms with Gasteiger partial charge in [-0.2, -0.15) is 0 Å². The zero-order valence-corrected chi connectivity index (χ0v) is 14.7. The van der Waals surface area contributed by atoms with Gasteiger partial charge in [0.05, 0.1) is 10.9 Å². The summed E-state index contributed by atoms with van der Waals surface area (Å²) in [6.07, 6.45) is 0. The first-order chi connectivity index (χ1) is 12.0. The van der Waals surface area contributed by atoms with E-state index >= 15 is 0 Å². The number of thiophene rings is 1. The van der Waals surface area contributed by atoms with Crippen molar-refractivity contribution in [2.24, 2.45) is 0 Å². The Bertz CT molecular complexity index is 907. The predicted molar refractivity (Wildman–Crippen MR) is 96.9 cm³/mol. The molecule has 0 aliphatic carbocycles. The minimum absolute atomic E-state index is 0.161. The van der Waals surface area contributed by atoms with E-state index in [9.17, 15) is 13.6 Å². The monoisotopic (exact) mass is 360 g/mol. The molecule has 2 aromatic carbocycles. The fraction of sp³-hybridized carbons (Fsp3) is 0.211. The van der Waals surface area contributed by atoms with E-state index in [4.69, 9.17) is 0 Å². The van der Waals surface area contributed by atoms with Gasteiger partial charge in [0, 0.05) is 16.6 Å². The van der Waals surface area contributed by atoms with Crippen LogP contribution in [-0.4, -0.2) is 31.4 Å². The Balaban J connectivity index is 1.76. The van der Waals surface area contributed by atoms with Crippen LogP contribution >= 0.6 is 11.3 Å². The first-order valence-corrected chi connectivity index (χ1v) is 8.65. The first kappa shape index (κ1) is 17.5. The largest absolute Gasteiger partial charge is 0.349 e. The van der Waals surface area contributed by atoms with E-state index < -0.39 is 0 Å². The summed E-state index contributed by atoms with van der Waals surface area (Å²) in [6.45, 7) is 0.325. The number of benzene rings is 2. The zero-order chi connectivity index (χ0) is 18.0. The Kier molecular flexibility index (Phi) is 5.11. The van der Waals surface area contributed by atoms with Gasteiger partial charge in [0.2, 0.25) is 0 Å². The number of carbonyl (C=O) groups is 1. The molecule has 3 rings (SSSR count). The molecule has 1 heterocycles. The standard InChI is InChI=1S/C19H18F2N2OS/c1-23(2)16(12-5-3-6-13(20)9-12)11-22-19(24)18-10-14-15(21)7-4-8-17(14)25-18/h3-10,16H,11H2,1-2H3,(H,22,24). The maximum absolute atomic E-state index is 13.8. The molecule has 0 radical (unpaired) electrons. The molecule has 1 amide bonds. The SMILES string of the molecule is CN(C)C(CNC(=O)c1cc2c(F)cccc2s1)c1cccc(F)c1. The number of amides is 1. The molecular weight excluding hydrogens is 342 g/mol. The van der Waals surface area contributed by atoms with Crippen molar-refractivity contribution in [3.05, 3.63) is 70.6 Å². The quantitative estimate of drug-likeness (QED) is 0.739. The number of nitrogens with zero attached hydrogens (tertiary/aromatic N) is 1. The van der Waals surface area contributed by atoms with Crippen LogP contribution in [0, 0.1) is 11.6 Å². The molecule has 25 heavy (non-hydrogen) atoms. The molecule has 6 heteroatoms. The molecule has 1 unspecified atom stereocenters. The average Bonchev–Trinajstić information content (AvgIpc) is 3.00. The molecule has 0 saturated heterocycles. The average molecular weight is 360 g/mol. The molecule has 3 nitrogen and oxygen atoms in total. The lowest BCUT2D eigenvalue weighted by Crippen LogP contribution is -2.34. The Morgan fingerprint density at radius 1 is 1.16 bits per heavy atom. The van der Waals surface area contributed by atoms with Crippen LogP contribution in [0.2, 0.25) is 0 Å². The maximum Gasteiger partial charge on any atom is 0.261 e. The smallest absolute Gasteiger partial charge is 0.261 e. The van der Waals surface area contributed by atoms with E-state index in [-0.39, 0.29) is 23.6 Å². The van der Waals surface area contributed by atoms with Crippen LogP contribution in [0.3, 0.4) is 0 Å². The third-order valence-electron chi connectivity index (χ3n) is 4.04. The molecule has 0 fully saturated rings. The molecule has 0 bridgehead atoms. The van der Waals surface area contributed by atoms with Crippen molar-refractivity contribution in [1.82, 2.24) is 10.2 Å². The number of hydrogen-bond acceptors (Lipinski definition) is 3. The molecule has 3 aromatic rings. The topological polar surface area (TPSA) is 32.3 Å². The summed E-state index contributed by atoms with van der Waals surface area (Å²) in [7, 11) is 3.74. The number of hydrogen-bond donors (Lipinski definition) is 1. The minimum Gasteiger partial charge on any atom is -0.349 e. The molecule has 0 aliphatic heterocycles. The van der Waals surface area contributed by atoms with E-state index in [0.717, 1.165) is 10.3 Å². The van der Waals surface area contributed by atoms with Gasteiger partial charge in [-0.05, 0) is 50.0 Å². The lowest BCUT2D eigenvalue weighted by molar-refractivity contribution is 0.0946. The fourth-order valence-corrected chi connectivity index (χ4v) is 3.72. The lowest BCUT2D eigenvalue weighted by atomic mass is 10.1. The summed E-state index contributed by atoms with van der Waals surface area (Å²) in [5.74, 6) is -0.904. The van der Waals surface area contributed by atoms with Gasteiger partial charge in [0.15, 0.2) is 0 Å². The third kappa shape index (κ3) is 3.86. The van der Waals surface area contributed by atoms with Crippen LogP contribution in [0.5, 0.6) is 0 Å². The lowest BCUT2D eigenvalue weighted by Gasteiger charge is -2.25. The van der Waals surface area contributed by atoms with Gasteiger partial charge in [-0.25, -0.2) is 8.78 Å². The highest BCUT2D eigenvalue weighted by molar-refractivity contribution is 7.20. The Morgan fingerprint density at radius 2 is 1.92 bits per heavy atom. The van der Waals surface area contributed by atoms with Crippen molar-refractivity contribution in [3.8, 4) is 0 Å². The number of nitrogens with one attached hydrogen (secondary N) is 1. The maximum atomic E-state index is 13.8. The van der Waals surface area contributed by atoms with E-state index in [2.05, 4.69) is 5.32 Å². The Hall–Kier alpha value is -2.31. The van der Waals surface area contributed by atoms with Gasteiger partial charge in [-0.1, -0.05) is 18.2 Å². The summed E-state index contributed by atoms with van der Waals surface area (Å²) in [4.78, 5) is 14.8. The van der Waals surface area contributed by atoms with Crippen LogP contribution < -0.4 is 5.32 Å². The second kappa shape index (κ2) is 7.29. The van der Waals surface area contributed by atoms with Crippen molar-refractivity contribution in [1.29, 1.82) is 0 Å². The van der Waals surface area contributed by atoms with Crippen LogP contribution in [0.25, 0.3) is 10.1 Å². The Morgan fingerprint density at radius 3 is 2.60 bits per heavy atom. The van der Waals surface area contributed by atoms with Crippen LogP contribution in [0.1, 0.15) is 21.3 Å². The van der Waals surface area contributed by atoms with E-state index in [1.165, 1.54) is 29.5 Å². The summed E-state index contributed by atoms with van der Waals surface area (Å²) in [6, 6.07) is 12.5. The first-order valence-electron chi connectivity index (χ1n) is 7.84. The molecule has 130 valence electrons.